The Kier molecular flexibility index (Phi) is 7.08. The van der Waals surface area contributed by atoms with Gasteiger partial charge in [0, 0.05) is 18.0 Å². The van der Waals surface area contributed by atoms with Crippen molar-refractivity contribution in [1.29, 1.82) is 0 Å². The van der Waals surface area contributed by atoms with Crippen LogP contribution in [0, 0.1) is 17.8 Å². The Morgan fingerprint density at radius 1 is 1.15 bits per heavy atom. The number of rotatable bonds is 7. The van der Waals surface area contributed by atoms with E-state index in [4.69, 9.17) is 11.6 Å². The van der Waals surface area contributed by atoms with Crippen LogP contribution < -0.4 is 5.32 Å². The van der Waals surface area contributed by atoms with E-state index in [-0.39, 0.29) is 5.91 Å². The number of carbonyl (C=O) groups excluding carboxylic acids is 1. The molecule has 0 atom stereocenters. The Balaban J connectivity index is 2.39. The van der Waals surface area contributed by atoms with Crippen LogP contribution >= 0.6 is 11.6 Å². The van der Waals surface area contributed by atoms with E-state index in [9.17, 15) is 4.79 Å². The lowest BCUT2D eigenvalue weighted by atomic mass is 9.85. The van der Waals surface area contributed by atoms with E-state index in [2.05, 4.69) is 33.0 Å². The molecular formula is C17H26ClNO. The maximum absolute atomic E-state index is 11.9. The molecule has 1 aromatic rings. The Labute approximate surface area is 127 Å². The van der Waals surface area contributed by atoms with E-state index in [0.717, 1.165) is 17.1 Å². The van der Waals surface area contributed by atoms with Crippen LogP contribution in [0.4, 0.5) is 0 Å². The first kappa shape index (κ1) is 17.0. The molecule has 0 saturated carbocycles. The van der Waals surface area contributed by atoms with E-state index in [0.29, 0.717) is 30.6 Å². The molecule has 0 fully saturated rings. The minimum atomic E-state index is 0.108. The highest BCUT2D eigenvalue weighted by Gasteiger charge is 2.18. The van der Waals surface area contributed by atoms with E-state index in [1.165, 1.54) is 0 Å². The lowest BCUT2D eigenvalue weighted by Gasteiger charge is -2.25. The molecule has 0 aliphatic heterocycles. The number of hydrogen-bond donors (Lipinski definition) is 1. The number of amides is 1. The first-order valence-electron chi connectivity index (χ1n) is 7.42. The summed E-state index contributed by atoms with van der Waals surface area (Å²) >= 11 is 6.09. The minimum Gasteiger partial charge on any atom is -0.356 e. The second kappa shape index (κ2) is 8.31. The smallest absolute Gasteiger partial charge is 0.220 e. The molecule has 1 amide bonds. The summed E-state index contributed by atoms with van der Waals surface area (Å²) in [6.07, 6.45) is 1.19. The summed E-state index contributed by atoms with van der Waals surface area (Å²) in [5, 5.41) is 3.79. The average Bonchev–Trinajstić information content (AvgIpc) is 2.37. The zero-order valence-corrected chi connectivity index (χ0v) is 13.7. The van der Waals surface area contributed by atoms with Crippen LogP contribution in [0.5, 0.6) is 0 Å². The topological polar surface area (TPSA) is 29.1 Å². The van der Waals surface area contributed by atoms with Gasteiger partial charge in [-0.1, -0.05) is 57.5 Å². The SMILES string of the molecule is CC(C)C(CNC(=O)CCc1ccccc1Cl)C(C)C. The standard InChI is InChI=1S/C17H26ClNO/c1-12(2)15(13(3)4)11-19-17(20)10-9-14-7-5-6-8-16(14)18/h5-8,12-13,15H,9-11H2,1-4H3,(H,19,20). The fraction of sp³-hybridized carbons (Fsp3) is 0.588. The Morgan fingerprint density at radius 3 is 2.30 bits per heavy atom. The quantitative estimate of drug-likeness (QED) is 0.797. The van der Waals surface area contributed by atoms with Crippen molar-refractivity contribution in [3.63, 3.8) is 0 Å². The van der Waals surface area contributed by atoms with Gasteiger partial charge in [-0.05, 0) is 35.8 Å². The summed E-state index contributed by atoms with van der Waals surface area (Å²) in [7, 11) is 0. The summed E-state index contributed by atoms with van der Waals surface area (Å²) < 4.78 is 0. The Bertz CT molecular complexity index is 421. The highest BCUT2D eigenvalue weighted by atomic mass is 35.5. The van der Waals surface area contributed by atoms with E-state index >= 15 is 0 Å². The van der Waals surface area contributed by atoms with Gasteiger partial charge in [0.25, 0.3) is 0 Å². The van der Waals surface area contributed by atoms with Gasteiger partial charge in [0.2, 0.25) is 5.91 Å². The predicted molar refractivity (Wildman–Crippen MR) is 85.9 cm³/mol. The first-order chi connectivity index (χ1) is 9.41. The first-order valence-corrected chi connectivity index (χ1v) is 7.79. The van der Waals surface area contributed by atoms with Crippen molar-refractivity contribution in [3.8, 4) is 0 Å². The molecule has 1 N–H and O–H groups in total. The molecule has 0 aliphatic carbocycles. The van der Waals surface area contributed by atoms with Gasteiger partial charge in [0.05, 0.1) is 0 Å². The summed E-state index contributed by atoms with van der Waals surface area (Å²) in [5.74, 6) is 1.80. The van der Waals surface area contributed by atoms with Crippen LogP contribution in [0.2, 0.25) is 5.02 Å². The number of nitrogens with one attached hydrogen (secondary N) is 1. The lowest BCUT2D eigenvalue weighted by molar-refractivity contribution is -0.121. The highest BCUT2D eigenvalue weighted by molar-refractivity contribution is 6.31. The summed E-state index contributed by atoms with van der Waals surface area (Å²) in [4.78, 5) is 11.9. The molecule has 2 nitrogen and oxygen atoms in total. The molecule has 0 saturated heterocycles. The maximum Gasteiger partial charge on any atom is 0.220 e. The van der Waals surface area contributed by atoms with Crippen molar-refractivity contribution >= 4 is 17.5 Å². The minimum absolute atomic E-state index is 0.108. The van der Waals surface area contributed by atoms with Gasteiger partial charge in [-0.15, -0.1) is 0 Å². The zero-order valence-electron chi connectivity index (χ0n) is 12.9. The van der Waals surface area contributed by atoms with Crippen molar-refractivity contribution in [2.24, 2.45) is 17.8 Å². The van der Waals surface area contributed by atoms with Crippen LogP contribution in [0.1, 0.15) is 39.7 Å². The van der Waals surface area contributed by atoms with Gasteiger partial charge in [0.15, 0.2) is 0 Å². The molecule has 112 valence electrons. The van der Waals surface area contributed by atoms with Gasteiger partial charge in [-0.3, -0.25) is 4.79 Å². The molecule has 0 aromatic heterocycles. The monoisotopic (exact) mass is 295 g/mol. The van der Waals surface area contributed by atoms with Crippen LogP contribution in [0.15, 0.2) is 24.3 Å². The third-order valence-electron chi connectivity index (χ3n) is 3.83. The van der Waals surface area contributed by atoms with Gasteiger partial charge in [0.1, 0.15) is 0 Å². The number of halogens is 1. The largest absolute Gasteiger partial charge is 0.356 e. The molecule has 1 aromatic carbocycles. The maximum atomic E-state index is 11.9. The average molecular weight is 296 g/mol. The van der Waals surface area contributed by atoms with Crippen molar-refractivity contribution in [1.82, 2.24) is 5.32 Å². The molecule has 3 heteroatoms. The van der Waals surface area contributed by atoms with E-state index < -0.39 is 0 Å². The van der Waals surface area contributed by atoms with Crippen LogP contribution in [-0.4, -0.2) is 12.5 Å². The predicted octanol–water partition coefficient (Wildman–Crippen LogP) is 4.32. The van der Waals surface area contributed by atoms with Gasteiger partial charge < -0.3 is 5.32 Å². The molecular weight excluding hydrogens is 270 g/mol. The summed E-state index contributed by atoms with van der Waals surface area (Å²) in [6.45, 7) is 9.60. The number of hydrogen-bond acceptors (Lipinski definition) is 1. The normalized spacial score (nSPS) is 11.4. The fourth-order valence-corrected chi connectivity index (χ4v) is 2.74. The fourth-order valence-electron chi connectivity index (χ4n) is 2.51. The lowest BCUT2D eigenvalue weighted by Crippen LogP contribution is -2.34. The number of benzene rings is 1. The van der Waals surface area contributed by atoms with Gasteiger partial charge in [-0.2, -0.15) is 0 Å². The number of carbonyl (C=O) groups is 1. The molecule has 0 unspecified atom stereocenters. The molecule has 20 heavy (non-hydrogen) atoms. The van der Waals surface area contributed by atoms with Crippen LogP contribution in [0.25, 0.3) is 0 Å². The molecule has 0 aliphatic rings. The highest BCUT2D eigenvalue weighted by Crippen LogP contribution is 2.20. The van der Waals surface area contributed by atoms with E-state index in [1.54, 1.807) is 0 Å². The van der Waals surface area contributed by atoms with Crippen molar-refractivity contribution in [2.75, 3.05) is 6.54 Å². The second-order valence-corrected chi connectivity index (χ2v) is 6.45. The van der Waals surface area contributed by atoms with E-state index in [1.807, 2.05) is 24.3 Å². The van der Waals surface area contributed by atoms with Crippen molar-refractivity contribution < 1.29 is 4.79 Å². The Morgan fingerprint density at radius 2 is 1.75 bits per heavy atom. The summed E-state index contributed by atoms with van der Waals surface area (Å²) in [5.41, 5.74) is 1.04. The van der Waals surface area contributed by atoms with Crippen LogP contribution in [0.3, 0.4) is 0 Å². The van der Waals surface area contributed by atoms with Gasteiger partial charge >= 0.3 is 0 Å². The second-order valence-electron chi connectivity index (χ2n) is 6.05. The molecule has 0 spiro atoms. The third kappa shape index (κ3) is 5.54. The van der Waals surface area contributed by atoms with Gasteiger partial charge in [-0.25, -0.2) is 0 Å². The zero-order chi connectivity index (χ0) is 15.1. The number of aryl methyl sites for hydroxylation is 1. The molecule has 0 heterocycles. The molecule has 0 bridgehead atoms. The van der Waals surface area contributed by atoms with Crippen molar-refractivity contribution in [2.45, 2.75) is 40.5 Å². The van der Waals surface area contributed by atoms with Crippen molar-refractivity contribution in [3.05, 3.63) is 34.9 Å². The summed E-state index contributed by atoms with van der Waals surface area (Å²) in [6, 6.07) is 7.69. The molecule has 0 radical (unpaired) electrons. The molecule has 1 rings (SSSR count). The third-order valence-corrected chi connectivity index (χ3v) is 4.20. The Hall–Kier alpha value is -1.02. The van der Waals surface area contributed by atoms with Crippen LogP contribution in [-0.2, 0) is 11.2 Å².